The van der Waals surface area contributed by atoms with Gasteiger partial charge in [-0.05, 0) is 101 Å². The molecule has 0 aliphatic carbocycles. The van der Waals surface area contributed by atoms with Crippen LogP contribution in [-0.2, 0) is 9.59 Å². The van der Waals surface area contributed by atoms with Crippen LogP contribution in [0.5, 0.6) is 11.5 Å². The molecule has 4 aliphatic rings. The van der Waals surface area contributed by atoms with Crippen molar-refractivity contribution in [1.29, 1.82) is 0 Å². The molecular weight excluding hydrogens is 681 g/mol. The number of likely N-dealkylation sites (tertiary alicyclic amines) is 1. The Hall–Kier alpha value is -5.74. The molecule has 0 radical (unpaired) electrons. The van der Waals surface area contributed by atoms with Gasteiger partial charge < -0.3 is 19.6 Å². The lowest BCUT2D eigenvalue weighted by Gasteiger charge is -2.27. The van der Waals surface area contributed by atoms with Crippen LogP contribution < -0.4 is 15.0 Å². The first-order valence-electron chi connectivity index (χ1n) is 18.9. The molecule has 0 spiro atoms. The molecule has 3 fully saturated rings. The summed E-state index contributed by atoms with van der Waals surface area (Å²) >= 11 is 0. The van der Waals surface area contributed by atoms with E-state index >= 15 is 0 Å². The van der Waals surface area contributed by atoms with E-state index in [1.54, 1.807) is 24.3 Å². The molecule has 4 amide bonds. The Kier molecular flexibility index (Phi) is 9.77. The number of hydrogen-bond acceptors (Lipinski definition) is 8. The lowest BCUT2D eigenvalue weighted by atomic mass is 9.88. The number of amides is 4. The molecule has 0 saturated carbocycles. The highest BCUT2D eigenvalue weighted by Gasteiger charge is 2.45. The maximum absolute atomic E-state index is 13.3. The number of benzene rings is 4. The van der Waals surface area contributed by atoms with Crippen LogP contribution in [0.4, 0.5) is 5.69 Å². The number of phenols is 1. The highest BCUT2D eigenvalue weighted by Crippen LogP contribution is 2.38. The van der Waals surface area contributed by atoms with Gasteiger partial charge in [0.2, 0.25) is 11.8 Å². The van der Waals surface area contributed by atoms with Gasteiger partial charge >= 0.3 is 0 Å². The maximum atomic E-state index is 13.3. The van der Waals surface area contributed by atoms with Gasteiger partial charge in [-0.2, -0.15) is 0 Å². The first kappa shape index (κ1) is 35.3. The van der Waals surface area contributed by atoms with Gasteiger partial charge in [0.05, 0.1) is 17.7 Å². The van der Waals surface area contributed by atoms with Crippen LogP contribution in [0.2, 0.25) is 0 Å². The van der Waals surface area contributed by atoms with Gasteiger partial charge in [0.15, 0.2) is 0 Å². The Balaban J connectivity index is 0.840. The van der Waals surface area contributed by atoms with Crippen molar-refractivity contribution >= 4 is 40.5 Å². The molecule has 0 aromatic heterocycles. The third kappa shape index (κ3) is 6.89. The fourth-order valence-corrected chi connectivity index (χ4v) is 8.64. The summed E-state index contributed by atoms with van der Waals surface area (Å²) in [5.41, 5.74) is 7.26. The van der Waals surface area contributed by atoms with Gasteiger partial charge in [0.1, 0.15) is 17.5 Å². The summed E-state index contributed by atoms with van der Waals surface area (Å²) < 4.78 is 6.20. The summed E-state index contributed by atoms with van der Waals surface area (Å²) in [7, 11) is 0. The van der Waals surface area contributed by atoms with Crippen molar-refractivity contribution in [2.75, 3.05) is 44.2 Å². The number of fused-ring (bicyclic) bond motifs is 2. The second-order valence-corrected chi connectivity index (χ2v) is 14.7. The van der Waals surface area contributed by atoms with Crippen molar-refractivity contribution in [2.24, 2.45) is 11.8 Å². The minimum absolute atomic E-state index is 0.0989. The van der Waals surface area contributed by atoms with Crippen molar-refractivity contribution < 1.29 is 29.0 Å². The zero-order valence-corrected chi connectivity index (χ0v) is 30.4. The number of rotatable bonds is 11. The Morgan fingerprint density at radius 1 is 0.778 bits per heavy atom. The minimum atomic E-state index is -0.964. The SMILES string of the molecule is CC/C(=C(\c1ccc(O)cc1)c1ccc(OCCCN2CC3CN(c4ccc5c(c4)C(=O)N(C4CCC(=O)NC4=O)C5=O)CC3C2)cc1)c1ccccc1. The van der Waals surface area contributed by atoms with E-state index in [1.165, 1.54) is 11.1 Å². The molecule has 4 aliphatic heterocycles. The normalized spacial score (nSPS) is 21.6. The number of nitrogens with zero attached hydrogens (tertiary/aromatic N) is 3. The summed E-state index contributed by atoms with van der Waals surface area (Å²) in [6, 6.07) is 30.6. The van der Waals surface area contributed by atoms with E-state index in [0.29, 0.717) is 29.6 Å². The molecule has 3 saturated heterocycles. The molecule has 4 heterocycles. The number of phenolic OH excluding ortho intramolecular Hbond substituents is 1. The molecule has 0 bridgehead atoms. The number of anilines is 1. The van der Waals surface area contributed by atoms with Crippen molar-refractivity contribution in [3.63, 3.8) is 0 Å². The van der Waals surface area contributed by atoms with E-state index in [1.807, 2.05) is 36.4 Å². The molecule has 3 unspecified atom stereocenters. The van der Waals surface area contributed by atoms with Crippen molar-refractivity contribution in [3.05, 3.63) is 125 Å². The van der Waals surface area contributed by atoms with Crippen molar-refractivity contribution in [1.82, 2.24) is 15.1 Å². The number of imide groups is 2. The predicted molar refractivity (Wildman–Crippen MR) is 206 cm³/mol. The van der Waals surface area contributed by atoms with Crippen LogP contribution in [0.25, 0.3) is 11.1 Å². The first-order chi connectivity index (χ1) is 26.3. The number of piperidine rings is 1. The van der Waals surface area contributed by atoms with Gasteiger partial charge in [-0.15, -0.1) is 0 Å². The quantitative estimate of drug-likeness (QED) is 0.110. The van der Waals surface area contributed by atoms with Crippen LogP contribution in [0, 0.1) is 11.8 Å². The van der Waals surface area contributed by atoms with Gasteiger partial charge in [-0.1, -0.05) is 61.5 Å². The minimum Gasteiger partial charge on any atom is -0.508 e. The fraction of sp³-hybridized carbons (Fsp3) is 0.318. The van der Waals surface area contributed by atoms with Crippen LogP contribution in [0.15, 0.2) is 97.1 Å². The molecular formula is C44H44N4O6. The summed E-state index contributed by atoms with van der Waals surface area (Å²) in [5, 5.41) is 12.2. The molecule has 10 heteroatoms. The van der Waals surface area contributed by atoms with Crippen molar-refractivity contribution in [3.8, 4) is 11.5 Å². The summed E-state index contributed by atoms with van der Waals surface area (Å²) in [5.74, 6) is 0.181. The number of carbonyl (C=O) groups excluding carboxylic acids is 4. The third-order valence-electron chi connectivity index (χ3n) is 11.3. The number of hydrogen-bond donors (Lipinski definition) is 2. The van der Waals surface area contributed by atoms with Gasteiger partial charge in [0, 0.05) is 44.8 Å². The highest BCUT2D eigenvalue weighted by atomic mass is 16.5. The number of nitrogens with one attached hydrogen (secondary N) is 1. The Morgan fingerprint density at radius 2 is 1.44 bits per heavy atom. The van der Waals surface area contributed by atoms with Crippen LogP contribution in [0.3, 0.4) is 0 Å². The van der Waals surface area contributed by atoms with Crippen LogP contribution in [-0.4, -0.2) is 83.9 Å². The summed E-state index contributed by atoms with van der Waals surface area (Å²) in [6.45, 7) is 7.54. The predicted octanol–water partition coefficient (Wildman–Crippen LogP) is 6.00. The maximum Gasteiger partial charge on any atom is 0.262 e. The third-order valence-corrected chi connectivity index (χ3v) is 11.3. The average molecular weight is 725 g/mol. The molecule has 54 heavy (non-hydrogen) atoms. The number of carbonyl (C=O) groups is 4. The lowest BCUT2D eigenvalue weighted by molar-refractivity contribution is -0.136. The zero-order chi connectivity index (χ0) is 37.3. The topological polar surface area (TPSA) is 119 Å². The van der Waals surface area contributed by atoms with Gasteiger partial charge in [-0.3, -0.25) is 29.4 Å². The van der Waals surface area contributed by atoms with Crippen molar-refractivity contribution in [2.45, 2.75) is 38.6 Å². The molecule has 8 rings (SSSR count). The number of allylic oxidation sites excluding steroid dienone is 1. The monoisotopic (exact) mass is 724 g/mol. The molecule has 2 N–H and O–H groups in total. The molecule has 3 atom stereocenters. The van der Waals surface area contributed by atoms with Gasteiger partial charge in [-0.25, -0.2) is 0 Å². The van der Waals surface area contributed by atoms with Crippen LogP contribution in [0.1, 0.15) is 70.0 Å². The second kappa shape index (κ2) is 14.9. The molecule has 276 valence electrons. The van der Waals surface area contributed by atoms with E-state index in [-0.39, 0.29) is 24.5 Å². The first-order valence-corrected chi connectivity index (χ1v) is 18.9. The zero-order valence-electron chi connectivity index (χ0n) is 30.4. The van der Waals surface area contributed by atoms with E-state index < -0.39 is 23.8 Å². The summed E-state index contributed by atoms with van der Waals surface area (Å²) in [4.78, 5) is 56.4. The number of ether oxygens (including phenoxy) is 1. The molecule has 4 aromatic rings. The highest BCUT2D eigenvalue weighted by molar-refractivity contribution is 6.23. The summed E-state index contributed by atoms with van der Waals surface area (Å²) in [6.07, 6.45) is 2.02. The Labute approximate surface area is 315 Å². The average Bonchev–Trinajstić information content (AvgIpc) is 3.83. The molecule has 4 aromatic carbocycles. The Morgan fingerprint density at radius 3 is 2.11 bits per heavy atom. The van der Waals surface area contributed by atoms with Gasteiger partial charge in [0.25, 0.3) is 11.8 Å². The van der Waals surface area contributed by atoms with E-state index in [4.69, 9.17) is 4.74 Å². The lowest BCUT2D eigenvalue weighted by Crippen LogP contribution is -2.54. The smallest absolute Gasteiger partial charge is 0.262 e. The second-order valence-electron chi connectivity index (χ2n) is 14.7. The standard InChI is InChI=1S/C44H44N4O6/c1-2-36(28-7-4-3-5-8-28)41(29-9-14-34(49)15-10-29)30-11-16-35(17-12-30)54-22-6-21-46-24-31-26-47(27-32(31)25-46)33-13-18-37-38(23-33)44(53)48(43(37)52)39-19-20-40(50)45-42(39)51/h3-5,7-18,23,31-32,39,49H,2,6,19-22,24-27H2,1H3,(H,45,50,51)/b41-36-. The van der Waals surface area contributed by atoms with E-state index in [0.717, 1.165) is 78.6 Å². The largest absolute Gasteiger partial charge is 0.508 e. The van der Waals surface area contributed by atoms with Crippen LogP contribution >= 0.6 is 0 Å². The van der Waals surface area contributed by atoms with E-state index in [2.05, 4.69) is 58.4 Å². The van der Waals surface area contributed by atoms with E-state index in [9.17, 15) is 24.3 Å². The fourth-order valence-electron chi connectivity index (χ4n) is 8.64. The Bertz CT molecular complexity index is 2100. The molecule has 10 nitrogen and oxygen atoms in total. The number of aromatic hydroxyl groups is 1.